The average Bonchev–Trinajstić information content (AvgIpc) is 3.07. The summed E-state index contributed by atoms with van der Waals surface area (Å²) < 4.78 is 47.7. The van der Waals surface area contributed by atoms with Crippen molar-refractivity contribution < 1.29 is 32.5 Å². The second-order valence-corrected chi connectivity index (χ2v) is 13.8. The molecule has 2 aliphatic heterocycles. The van der Waals surface area contributed by atoms with Crippen LogP contribution < -0.4 is 9.47 Å². The van der Waals surface area contributed by atoms with Gasteiger partial charge in [-0.25, -0.2) is 13.2 Å². The summed E-state index contributed by atoms with van der Waals surface area (Å²) in [5.41, 5.74) is 3.55. The van der Waals surface area contributed by atoms with Crippen LogP contribution in [-0.2, 0) is 19.6 Å². The standard InChI is InChI=1S/C37H37NO7S/c1-25(2)32-21-28-23-38(46(41,42)31-16-13-27(14-17-31)26-9-5-3-6-10-26)20-19-34(28)45-37(32)33-22-30(44-29-11-7-4-8-12-29)15-18-35(33)43-24-36(39)40/h3-18,22,28,32,34,37H,1,19-21,23-24H2,2H3,(H,39,40)/t28-,32-,34+,37+/m1/s1. The molecule has 2 aliphatic rings. The van der Waals surface area contributed by atoms with E-state index in [0.717, 1.165) is 16.7 Å². The minimum absolute atomic E-state index is 0.0443. The fraction of sp³-hybridized carbons (Fsp3) is 0.270. The van der Waals surface area contributed by atoms with E-state index in [1.165, 1.54) is 0 Å². The molecule has 8 nitrogen and oxygen atoms in total. The molecule has 4 aromatic carbocycles. The highest BCUT2D eigenvalue weighted by Gasteiger charge is 2.45. The molecule has 0 bridgehead atoms. The summed E-state index contributed by atoms with van der Waals surface area (Å²) in [5, 5.41) is 9.31. The van der Waals surface area contributed by atoms with Gasteiger partial charge in [0.2, 0.25) is 10.0 Å². The van der Waals surface area contributed by atoms with Gasteiger partial charge in [0.15, 0.2) is 6.61 Å². The Morgan fingerprint density at radius 3 is 2.28 bits per heavy atom. The van der Waals surface area contributed by atoms with Crippen LogP contribution >= 0.6 is 0 Å². The summed E-state index contributed by atoms with van der Waals surface area (Å²) in [6.45, 7) is 6.36. The molecule has 0 spiro atoms. The van der Waals surface area contributed by atoms with E-state index in [2.05, 4.69) is 6.58 Å². The molecule has 2 fully saturated rings. The lowest BCUT2D eigenvalue weighted by Crippen LogP contribution is -2.50. The lowest BCUT2D eigenvalue weighted by molar-refractivity contribution is -0.139. The topological polar surface area (TPSA) is 102 Å². The number of fused-ring (bicyclic) bond motifs is 1. The minimum Gasteiger partial charge on any atom is -0.482 e. The number of benzene rings is 4. The Bertz CT molecular complexity index is 1790. The molecule has 2 saturated heterocycles. The summed E-state index contributed by atoms with van der Waals surface area (Å²) in [4.78, 5) is 11.6. The van der Waals surface area contributed by atoms with Crippen molar-refractivity contribution in [2.75, 3.05) is 19.7 Å². The van der Waals surface area contributed by atoms with Gasteiger partial charge >= 0.3 is 5.97 Å². The second kappa shape index (κ2) is 13.5. The number of sulfonamides is 1. The first-order valence-electron chi connectivity index (χ1n) is 15.4. The lowest BCUT2D eigenvalue weighted by Gasteiger charge is -2.47. The van der Waals surface area contributed by atoms with Gasteiger partial charge in [-0.2, -0.15) is 4.31 Å². The van der Waals surface area contributed by atoms with Crippen molar-refractivity contribution in [1.29, 1.82) is 0 Å². The molecule has 0 unspecified atom stereocenters. The predicted molar refractivity (Wildman–Crippen MR) is 175 cm³/mol. The van der Waals surface area contributed by atoms with E-state index in [0.29, 0.717) is 48.7 Å². The maximum absolute atomic E-state index is 13.8. The monoisotopic (exact) mass is 639 g/mol. The van der Waals surface area contributed by atoms with Gasteiger partial charge < -0.3 is 19.3 Å². The normalized spacial score (nSPS) is 21.6. The number of ether oxygens (including phenoxy) is 3. The largest absolute Gasteiger partial charge is 0.482 e. The third-order valence-corrected chi connectivity index (χ3v) is 10.6. The fourth-order valence-corrected chi connectivity index (χ4v) is 7.90. The number of carboxylic acid groups (broad SMARTS) is 1. The van der Waals surface area contributed by atoms with E-state index >= 15 is 0 Å². The molecular formula is C37H37NO7S. The first kappa shape index (κ1) is 31.5. The van der Waals surface area contributed by atoms with Crippen molar-refractivity contribution in [2.45, 2.75) is 36.9 Å². The predicted octanol–water partition coefficient (Wildman–Crippen LogP) is 7.34. The van der Waals surface area contributed by atoms with E-state index in [4.69, 9.17) is 14.2 Å². The van der Waals surface area contributed by atoms with Crippen molar-refractivity contribution >= 4 is 16.0 Å². The van der Waals surface area contributed by atoms with Gasteiger partial charge in [0, 0.05) is 24.6 Å². The number of aliphatic carboxylic acids is 1. The number of rotatable bonds is 10. The van der Waals surface area contributed by atoms with Crippen LogP contribution in [0.3, 0.4) is 0 Å². The second-order valence-electron chi connectivity index (χ2n) is 11.9. The number of hydrogen-bond donors (Lipinski definition) is 1. The van der Waals surface area contributed by atoms with Gasteiger partial charge in [0.05, 0.1) is 17.1 Å². The molecule has 0 radical (unpaired) electrons. The van der Waals surface area contributed by atoms with E-state index in [-0.39, 0.29) is 22.8 Å². The van der Waals surface area contributed by atoms with E-state index in [1.54, 1.807) is 28.6 Å². The van der Waals surface area contributed by atoms with Gasteiger partial charge in [0.1, 0.15) is 17.2 Å². The van der Waals surface area contributed by atoms with Crippen molar-refractivity contribution in [3.05, 3.63) is 121 Å². The number of carbonyl (C=O) groups is 1. The highest BCUT2D eigenvalue weighted by molar-refractivity contribution is 7.89. The third-order valence-electron chi connectivity index (χ3n) is 8.72. The number of para-hydroxylation sites is 1. The molecule has 0 aromatic heterocycles. The molecule has 2 heterocycles. The van der Waals surface area contributed by atoms with Crippen LogP contribution in [-0.4, -0.2) is 49.6 Å². The van der Waals surface area contributed by atoms with Gasteiger partial charge in [-0.1, -0.05) is 72.8 Å². The summed E-state index contributed by atoms with van der Waals surface area (Å²) in [6, 6.07) is 31.6. The minimum atomic E-state index is -3.71. The Kier molecular flexibility index (Phi) is 9.26. The van der Waals surface area contributed by atoms with Gasteiger partial charge in [-0.15, -0.1) is 0 Å². The Balaban J connectivity index is 1.23. The molecule has 0 aliphatic carbocycles. The quantitative estimate of drug-likeness (QED) is 0.181. The zero-order valence-electron chi connectivity index (χ0n) is 25.6. The number of piperidine rings is 1. The molecule has 0 amide bonds. The molecule has 4 aromatic rings. The molecule has 46 heavy (non-hydrogen) atoms. The van der Waals surface area contributed by atoms with Gasteiger partial charge in [-0.05, 0) is 79.3 Å². The number of nitrogens with zero attached hydrogens (tertiary/aromatic N) is 1. The smallest absolute Gasteiger partial charge is 0.341 e. The zero-order chi connectivity index (χ0) is 32.3. The van der Waals surface area contributed by atoms with Gasteiger partial charge in [-0.3, -0.25) is 0 Å². The Hall–Kier alpha value is -4.44. The van der Waals surface area contributed by atoms with Crippen LogP contribution in [0.15, 0.2) is 120 Å². The highest BCUT2D eigenvalue weighted by Crippen LogP contribution is 2.48. The van der Waals surface area contributed by atoms with Crippen LogP contribution in [0, 0.1) is 11.8 Å². The van der Waals surface area contributed by atoms with Gasteiger partial charge in [0.25, 0.3) is 0 Å². The van der Waals surface area contributed by atoms with Crippen molar-refractivity contribution in [1.82, 2.24) is 4.31 Å². The summed E-state index contributed by atoms with van der Waals surface area (Å²) >= 11 is 0. The van der Waals surface area contributed by atoms with E-state index in [1.807, 2.05) is 85.8 Å². The van der Waals surface area contributed by atoms with E-state index in [9.17, 15) is 18.3 Å². The Morgan fingerprint density at radius 2 is 1.61 bits per heavy atom. The molecule has 4 atom stereocenters. The Morgan fingerprint density at radius 1 is 0.935 bits per heavy atom. The van der Waals surface area contributed by atoms with Crippen molar-refractivity contribution in [2.24, 2.45) is 11.8 Å². The third kappa shape index (κ3) is 6.87. The van der Waals surface area contributed by atoms with Crippen LogP contribution in [0.1, 0.15) is 31.4 Å². The molecule has 9 heteroatoms. The summed E-state index contributed by atoms with van der Waals surface area (Å²) in [5.74, 6) is 0.341. The fourth-order valence-electron chi connectivity index (χ4n) is 6.39. The maximum Gasteiger partial charge on any atom is 0.341 e. The molecular weight excluding hydrogens is 602 g/mol. The first-order valence-corrected chi connectivity index (χ1v) is 16.8. The van der Waals surface area contributed by atoms with Crippen molar-refractivity contribution in [3.8, 4) is 28.4 Å². The molecule has 1 N–H and O–H groups in total. The van der Waals surface area contributed by atoms with Crippen LogP contribution in [0.4, 0.5) is 0 Å². The molecule has 6 rings (SSSR count). The van der Waals surface area contributed by atoms with E-state index < -0.39 is 28.7 Å². The number of hydrogen-bond acceptors (Lipinski definition) is 6. The highest BCUT2D eigenvalue weighted by atomic mass is 32.2. The van der Waals surface area contributed by atoms with Crippen molar-refractivity contribution in [3.63, 3.8) is 0 Å². The van der Waals surface area contributed by atoms with Crippen LogP contribution in [0.5, 0.6) is 17.2 Å². The SMILES string of the molecule is C=C(C)[C@H]1C[C@@H]2CN(S(=O)(=O)c3ccc(-c4ccccc4)cc3)CC[C@@H]2O[C@@H]1c1cc(Oc2ccccc2)ccc1OCC(=O)O. The van der Waals surface area contributed by atoms with Crippen LogP contribution in [0.25, 0.3) is 11.1 Å². The average molecular weight is 640 g/mol. The lowest BCUT2D eigenvalue weighted by atomic mass is 9.76. The summed E-state index contributed by atoms with van der Waals surface area (Å²) in [6.07, 6.45) is 0.511. The first-order chi connectivity index (χ1) is 22.2. The van der Waals surface area contributed by atoms with Crippen LogP contribution in [0.2, 0.25) is 0 Å². The zero-order valence-corrected chi connectivity index (χ0v) is 26.4. The Labute approximate surface area is 269 Å². The molecule has 238 valence electrons. The summed E-state index contributed by atoms with van der Waals surface area (Å²) in [7, 11) is -3.71. The molecule has 0 saturated carbocycles. The number of carboxylic acids is 1. The maximum atomic E-state index is 13.8.